The fraction of sp³-hybridized carbons (Fsp3) is 0.300. The molecule has 3 rings (SSSR count). The molecule has 0 unspecified atom stereocenters. The number of amides is 1. The van der Waals surface area contributed by atoms with E-state index >= 15 is 0 Å². The zero-order chi connectivity index (χ0) is 17.6. The number of hydrogen-bond acceptors (Lipinski definition) is 3. The van der Waals surface area contributed by atoms with Crippen LogP contribution < -0.4 is 5.32 Å². The number of aromatic carboxylic acids is 1. The molecule has 1 amide bonds. The van der Waals surface area contributed by atoms with E-state index in [4.69, 9.17) is 5.11 Å². The molecular formula is C20H22N2O3. The SMILES string of the molecule is O=C(O)c1cccc(CNCc2ccccc2CN2CCCC2=O)c1. The Hall–Kier alpha value is -2.66. The van der Waals surface area contributed by atoms with Gasteiger partial charge in [-0.3, -0.25) is 4.79 Å². The summed E-state index contributed by atoms with van der Waals surface area (Å²) in [6, 6.07) is 15.1. The second-order valence-corrected chi connectivity index (χ2v) is 6.30. The van der Waals surface area contributed by atoms with Gasteiger partial charge in [-0.25, -0.2) is 4.79 Å². The highest BCUT2D eigenvalue weighted by atomic mass is 16.4. The second kappa shape index (κ2) is 7.94. The zero-order valence-electron chi connectivity index (χ0n) is 14.1. The molecule has 2 aromatic carbocycles. The van der Waals surface area contributed by atoms with E-state index in [9.17, 15) is 9.59 Å². The van der Waals surface area contributed by atoms with Crippen LogP contribution in [0.15, 0.2) is 48.5 Å². The van der Waals surface area contributed by atoms with Crippen LogP contribution in [0.1, 0.15) is 39.9 Å². The molecule has 2 N–H and O–H groups in total. The monoisotopic (exact) mass is 338 g/mol. The maximum Gasteiger partial charge on any atom is 0.335 e. The maximum atomic E-state index is 11.8. The van der Waals surface area contributed by atoms with E-state index in [1.54, 1.807) is 18.2 Å². The van der Waals surface area contributed by atoms with Crippen LogP contribution in [-0.4, -0.2) is 28.4 Å². The minimum atomic E-state index is -0.914. The molecule has 25 heavy (non-hydrogen) atoms. The van der Waals surface area contributed by atoms with Crippen molar-refractivity contribution in [3.8, 4) is 0 Å². The summed E-state index contributed by atoms with van der Waals surface area (Å²) in [6.07, 6.45) is 1.60. The number of carboxylic acid groups (broad SMARTS) is 1. The van der Waals surface area contributed by atoms with E-state index < -0.39 is 5.97 Å². The molecule has 1 heterocycles. The molecule has 130 valence electrons. The number of benzene rings is 2. The Labute approximate surface area is 147 Å². The van der Waals surface area contributed by atoms with Crippen molar-refractivity contribution < 1.29 is 14.7 Å². The molecule has 1 saturated heterocycles. The average Bonchev–Trinajstić information content (AvgIpc) is 3.01. The lowest BCUT2D eigenvalue weighted by Crippen LogP contribution is -2.25. The molecule has 0 radical (unpaired) electrons. The number of nitrogens with one attached hydrogen (secondary N) is 1. The van der Waals surface area contributed by atoms with Crippen molar-refractivity contribution in [1.82, 2.24) is 10.2 Å². The van der Waals surface area contributed by atoms with Crippen molar-refractivity contribution >= 4 is 11.9 Å². The third kappa shape index (κ3) is 4.45. The van der Waals surface area contributed by atoms with Crippen molar-refractivity contribution in [2.24, 2.45) is 0 Å². The van der Waals surface area contributed by atoms with Crippen LogP contribution in [0.2, 0.25) is 0 Å². The van der Waals surface area contributed by atoms with Gasteiger partial charge in [0.15, 0.2) is 0 Å². The molecule has 1 aliphatic heterocycles. The van der Waals surface area contributed by atoms with Crippen LogP contribution in [0.25, 0.3) is 0 Å². The third-order valence-corrected chi connectivity index (χ3v) is 4.47. The summed E-state index contributed by atoms with van der Waals surface area (Å²) < 4.78 is 0. The van der Waals surface area contributed by atoms with Crippen molar-refractivity contribution in [1.29, 1.82) is 0 Å². The quantitative estimate of drug-likeness (QED) is 0.814. The lowest BCUT2D eigenvalue weighted by Gasteiger charge is -2.18. The first-order chi connectivity index (χ1) is 12.1. The van der Waals surface area contributed by atoms with Gasteiger partial charge in [0.05, 0.1) is 5.56 Å². The van der Waals surface area contributed by atoms with Gasteiger partial charge in [-0.2, -0.15) is 0 Å². The van der Waals surface area contributed by atoms with Crippen molar-refractivity contribution in [3.05, 3.63) is 70.8 Å². The zero-order valence-corrected chi connectivity index (χ0v) is 14.1. The lowest BCUT2D eigenvalue weighted by molar-refractivity contribution is -0.128. The minimum Gasteiger partial charge on any atom is -0.478 e. The summed E-state index contributed by atoms with van der Waals surface area (Å²) in [5.41, 5.74) is 3.56. The second-order valence-electron chi connectivity index (χ2n) is 6.30. The Morgan fingerprint density at radius 1 is 1.08 bits per heavy atom. The topological polar surface area (TPSA) is 69.6 Å². The molecule has 2 aromatic rings. The Morgan fingerprint density at radius 3 is 2.60 bits per heavy atom. The van der Waals surface area contributed by atoms with E-state index in [0.29, 0.717) is 31.6 Å². The number of likely N-dealkylation sites (tertiary alicyclic amines) is 1. The van der Waals surface area contributed by atoms with Gasteiger partial charge in [0.25, 0.3) is 0 Å². The summed E-state index contributed by atoms with van der Waals surface area (Å²) in [5, 5.41) is 12.4. The van der Waals surface area contributed by atoms with Gasteiger partial charge in [0.1, 0.15) is 0 Å². The number of carboxylic acids is 1. The molecule has 0 spiro atoms. The normalized spacial score (nSPS) is 14.1. The third-order valence-electron chi connectivity index (χ3n) is 4.47. The summed E-state index contributed by atoms with van der Waals surface area (Å²) in [7, 11) is 0. The maximum absolute atomic E-state index is 11.8. The Bertz CT molecular complexity index is 773. The van der Waals surface area contributed by atoms with Crippen molar-refractivity contribution in [3.63, 3.8) is 0 Å². The molecular weight excluding hydrogens is 316 g/mol. The van der Waals surface area contributed by atoms with Gasteiger partial charge in [-0.05, 0) is 35.2 Å². The van der Waals surface area contributed by atoms with Gasteiger partial charge in [-0.1, -0.05) is 36.4 Å². The molecule has 0 aromatic heterocycles. The first-order valence-electron chi connectivity index (χ1n) is 8.51. The van der Waals surface area contributed by atoms with Gasteiger partial charge in [-0.15, -0.1) is 0 Å². The van der Waals surface area contributed by atoms with Crippen LogP contribution in [0.3, 0.4) is 0 Å². The average molecular weight is 338 g/mol. The Balaban J connectivity index is 1.61. The molecule has 0 aliphatic carbocycles. The molecule has 0 bridgehead atoms. The van der Waals surface area contributed by atoms with Crippen molar-refractivity contribution in [2.75, 3.05) is 6.54 Å². The number of hydrogen-bond donors (Lipinski definition) is 2. The molecule has 0 saturated carbocycles. The highest BCUT2D eigenvalue weighted by Crippen LogP contribution is 2.17. The van der Waals surface area contributed by atoms with Gasteiger partial charge in [0, 0.05) is 32.6 Å². The smallest absolute Gasteiger partial charge is 0.335 e. The molecule has 5 nitrogen and oxygen atoms in total. The summed E-state index contributed by atoms with van der Waals surface area (Å²) in [4.78, 5) is 24.8. The lowest BCUT2D eigenvalue weighted by atomic mass is 10.1. The highest BCUT2D eigenvalue weighted by Gasteiger charge is 2.20. The van der Waals surface area contributed by atoms with E-state index in [-0.39, 0.29) is 5.91 Å². The molecule has 1 fully saturated rings. The molecule has 0 atom stereocenters. The fourth-order valence-electron chi connectivity index (χ4n) is 3.12. The van der Waals surface area contributed by atoms with Gasteiger partial charge in [0.2, 0.25) is 5.91 Å². The van der Waals surface area contributed by atoms with E-state index in [1.807, 2.05) is 23.1 Å². The predicted molar refractivity (Wildman–Crippen MR) is 95.0 cm³/mol. The minimum absolute atomic E-state index is 0.230. The Morgan fingerprint density at radius 2 is 1.88 bits per heavy atom. The van der Waals surface area contributed by atoms with E-state index in [1.165, 1.54) is 0 Å². The molecule has 5 heteroatoms. The number of nitrogens with zero attached hydrogens (tertiary/aromatic N) is 1. The van der Waals surface area contributed by atoms with Crippen molar-refractivity contribution in [2.45, 2.75) is 32.5 Å². The summed E-state index contributed by atoms with van der Waals surface area (Å²) in [5.74, 6) is -0.685. The first kappa shape index (κ1) is 17.2. The summed E-state index contributed by atoms with van der Waals surface area (Å²) >= 11 is 0. The van der Waals surface area contributed by atoms with Crippen LogP contribution in [0.5, 0.6) is 0 Å². The van der Waals surface area contributed by atoms with Crippen LogP contribution in [0, 0.1) is 0 Å². The van der Waals surface area contributed by atoms with Gasteiger partial charge < -0.3 is 15.3 Å². The first-order valence-corrected chi connectivity index (χ1v) is 8.51. The predicted octanol–water partition coefficient (Wildman–Crippen LogP) is 2.80. The summed E-state index contributed by atoms with van der Waals surface area (Å²) in [6.45, 7) is 2.77. The largest absolute Gasteiger partial charge is 0.478 e. The highest BCUT2D eigenvalue weighted by molar-refractivity contribution is 5.87. The molecule has 1 aliphatic rings. The van der Waals surface area contributed by atoms with E-state index in [0.717, 1.165) is 29.7 Å². The van der Waals surface area contributed by atoms with Crippen LogP contribution in [-0.2, 0) is 24.4 Å². The van der Waals surface area contributed by atoms with E-state index in [2.05, 4.69) is 17.4 Å². The Kier molecular flexibility index (Phi) is 5.46. The number of carbonyl (C=O) groups excluding carboxylic acids is 1. The standard InChI is InChI=1S/C20H22N2O3/c23-19-9-4-10-22(19)14-18-7-2-1-6-17(18)13-21-12-15-5-3-8-16(11-15)20(24)25/h1-3,5-8,11,21H,4,9-10,12-14H2,(H,24,25). The van der Waals surface area contributed by atoms with Crippen LogP contribution in [0.4, 0.5) is 0 Å². The number of carbonyl (C=O) groups is 2. The van der Waals surface area contributed by atoms with Gasteiger partial charge >= 0.3 is 5.97 Å². The van der Waals surface area contributed by atoms with Crippen LogP contribution >= 0.6 is 0 Å². The fourth-order valence-corrected chi connectivity index (χ4v) is 3.12. The number of rotatable bonds is 7.